The first-order chi connectivity index (χ1) is 12.5. The molecule has 0 saturated carbocycles. The number of esters is 1. The molecule has 0 unspecified atom stereocenters. The minimum absolute atomic E-state index is 0.000204. The molecular weight excluding hydrogens is 364 g/mol. The van der Waals surface area contributed by atoms with Crippen LogP contribution in [0.4, 0.5) is 5.69 Å². The van der Waals surface area contributed by atoms with E-state index in [0.29, 0.717) is 29.6 Å². The van der Waals surface area contributed by atoms with Crippen molar-refractivity contribution in [3.05, 3.63) is 23.2 Å². The Balaban J connectivity index is 1.94. The Morgan fingerprint density at radius 1 is 1.35 bits per heavy atom. The molecule has 26 heavy (non-hydrogen) atoms. The minimum Gasteiger partial charge on any atom is -0.495 e. The number of nitrogens with zero attached hydrogens (tertiary/aromatic N) is 1. The molecule has 0 spiro atoms. The van der Waals surface area contributed by atoms with Crippen molar-refractivity contribution < 1.29 is 28.6 Å². The fourth-order valence-electron chi connectivity index (χ4n) is 2.57. The highest BCUT2D eigenvalue weighted by Gasteiger charge is 2.37. The number of anilines is 1. The van der Waals surface area contributed by atoms with Gasteiger partial charge in [0.25, 0.3) is 5.91 Å². The van der Waals surface area contributed by atoms with E-state index in [1.165, 1.54) is 19.1 Å². The van der Waals surface area contributed by atoms with Gasteiger partial charge in [0.15, 0.2) is 6.61 Å². The second-order valence-electron chi connectivity index (χ2n) is 5.67. The zero-order valence-corrected chi connectivity index (χ0v) is 15.4. The number of nitrogens with one attached hydrogen (secondary N) is 1. The summed E-state index contributed by atoms with van der Waals surface area (Å²) in [5.74, 6) is -1.43. The smallest absolute Gasteiger partial charge is 0.311 e. The van der Waals surface area contributed by atoms with Crippen LogP contribution in [0.25, 0.3) is 0 Å². The number of halogens is 1. The van der Waals surface area contributed by atoms with Gasteiger partial charge in [0.1, 0.15) is 5.75 Å². The normalized spacial score (nSPS) is 16.5. The van der Waals surface area contributed by atoms with Crippen LogP contribution in [-0.2, 0) is 23.9 Å². The van der Waals surface area contributed by atoms with Crippen LogP contribution in [0.2, 0.25) is 5.02 Å². The van der Waals surface area contributed by atoms with Gasteiger partial charge in [-0.2, -0.15) is 0 Å². The Hall–Kier alpha value is -2.32. The summed E-state index contributed by atoms with van der Waals surface area (Å²) < 4.78 is 15.1. The van der Waals surface area contributed by atoms with Crippen LogP contribution < -0.4 is 15.0 Å². The summed E-state index contributed by atoms with van der Waals surface area (Å²) in [4.78, 5) is 37.5. The molecule has 0 bridgehead atoms. The predicted octanol–water partition coefficient (Wildman–Crippen LogP) is 1.01. The molecule has 1 aliphatic heterocycles. The van der Waals surface area contributed by atoms with Crippen LogP contribution in [0.15, 0.2) is 18.2 Å². The third-order valence-corrected chi connectivity index (χ3v) is 4.10. The first-order valence-corrected chi connectivity index (χ1v) is 8.40. The standard InChI is InChI=1S/C17H21ClN2O6/c1-24-6-5-19-15(21)10-26-17(23)11-7-16(22)20(9-11)13-8-12(18)3-4-14(13)25-2/h3-4,8,11H,5-7,9-10H2,1-2H3,(H,19,21)/t11-/m1/s1. The molecule has 1 fully saturated rings. The second kappa shape index (κ2) is 9.40. The van der Waals surface area contributed by atoms with Gasteiger partial charge >= 0.3 is 5.97 Å². The molecule has 1 heterocycles. The van der Waals surface area contributed by atoms with Crippen LogP contribution in [0.3, 0.4) is 0 Å². The van der Waals surface area contributed by atoms with E-state index in [-0.39, 0.29) is 18.9 Å². The number of rotatable bonds is 8. The highest BCUT2D eigenvalue weighted by atomic mass is 35.5. The molecule has 9 heteroatoms. The second-order valence-corrected chi connectivity index (χ2v) is 6.11. The molecule has 2 rings (SSSR count). The number of benzene rings is 1. The molecule has 142 valence electrons. The molecule has 2 amide bonds. The molecule has 1 aromatic rings. The highest BCUT2D eigenvalue weighted by Crippen LogP contribution is 2.35. The molecule has 8 nitrogen and oxygen atoms in total. The SMILES string of the molecule is COCCNC(=O)COC(=O)[C@@H]1CC(=O)N(c2cc(Cl)ccc2OC)C1. The molecule has 1 aromatic carbocycles. The number of amides is 2. The van der Waals surface area contributed by atoms with Crippen molar-refractivity contribution in [3.63, 3.8) is 0 Å². The fourth-order valence-corrected chi connectivity index (χ4v) is 2.74. The molecule has 0 radical (unpaired) electrons. The molecule has 0 aromatic heterocycles. The molecular formula is C17H21ClN2O6. The van der Waals surface area contributed by atoms with Gasteiger partial charge in [0.05, 0.1) is 25.3 Å². The maximum absolute atomic E-state index is 12.3. The van der Waals surface area contributed by atoms with Crippen LogP contribution in [-0.4, -0.2) is 58.3 Å². The van der Waals surface area contributed by atoms with Crippen molar-refractivity contribution in [3.8, 4) is 5.75 Å². The lowest BCUT2D eigenvalue weighted by molar-refractivity contribution is -0.152. The lowest BCUT2D eigenvalue weighted by atomic mass is 10.1. The van der Waals surface area contributed by atoms with Crippen LogP contribution >= 0.6 is 11.6 Å². The molecule has 1 N–H and O–H groups in total. The van der Waals surface area contributed by atoms with Crippen molar-refractivity contribution in [2.45, 2.75) is 6.42 Å². The largest absolute Gasteiger partial charge is 0.495 e. The van der Waals surface area contributed by atoms with E-state index in [4.69, 9.17) is 25.8 Å². The number of hydrogen-bond acceptors (Lipinski definition) is 6. The Bertz CT molecular complexity index is 681. The van der Waals surface area contributed by atoms with Gasteiger partial charge in [0.2, 0.25) is 5.91 Å². The van der Waals surface area contributed by atoms with Gasteiger partial charge in [-0.3, -0.25) is 14.4 Å². The average Bonchev–Trinajstić information content (AvgIpc) is 3.01. The molecule has 1 saturated heterocycles. The topological polar surface area (TPSA) is 94.2 Å². The van der Waals surface area contributed by atoms with Crippen molar-refractivity contribution in [1.82, 2.24) is 5.32 Å². The maximum atomic E-state index is 12.3. The summed E-state index contributed by atoms with van der Waals surface area (Å²) in [6.07, 6.45) is -0.000204. The van der Waals surface area contributed by atoms with E-state index in [1.54, 1.807) is 18.2 Å². The fraction of sp³-hybridized carbons (Fsp3) is 0.471. The van der Waals surface area contributed by atoms with E-state index in [2.05, 4.69) is 5.32 Å². The Morgan fingerprint density at radius 3 is 2.81 bits per heavy atom. The summed E-state index contributed by atoms with van der Waals surface area (Å²) in [7, 11) is 3.01. The molecule has 0 aliphatic carbocycles. The van der Waals surface area contributed by atoms with Gasteiger partial charge < -0.3 is 24.4 Å². The van der Waals surface area contributed by atoms with E-state index in [0.717, 1.165) is 0 Å². The van der Waals surface area contributed by atoms with Crippen LogP contribution in [0.5, 0.6) is 5.75 Å². The average molecular weight is 385 g/mol. The van der Waals surface area contributed by atoms with Crippen molar-refractivity contribution >= 4 is 35.1 Å². The Kier molecular flexibility index (Phi) is 7.23. The number of ether oxygens (including phenoxy) is 3. The quantitative estimate of drug-likeness (QED) is 0.531. The molecule has 1 atom stereocenters. The van der Waals surface area contributed by atoms with Gasteiger partial charge in [-0.1, -0.05) is 11.6 Å². The number of carbonyl (C=O) groups is 3. The van der Waals surface area contributed by atoms with Crippen molar-refractivity contribution in [1.29, 1.82) is 0 Å². The van der Waals surface area contributed by atoms with Crippen LogP contribution in [0, 0.1) is 5.92 Å². The number of methoxy groups -OCH3 is 2. The van der Waals surface area contributed by atoms with E-state index >= 15 is 0 Å². The molecule has 1 aliphatic rings. The predicted molar refractivity (Wildman–Crippen MR) is 94.3 cm³/mol. The van der Waals surface area contributed by atoms with Gasteiger partial charge in [-0.25, -0.2) is 0 Å². The van der Waals surface area contributed by atoms with Crippen molar-refractivity contribution in [2.24, 2.45) is 5.92 Å². The van der Waals surface area contributed by atoms with E-state index in [1.807, 2.05) is 0 Å². The third kappa shape index (κ3) is 5.09. The summed E-state index contributed by atoms with van der Waals surface area (Å²) in [6.45, 7) is 0.442. The first kappa shape index (κ1) is 20.0. The van der Waals surface area contributed by atoms with E-state index in [9.17, 15) is 14.4 Å². The van der Waals surface area contributed by atoms with Gasteiger partial charge in [0, 0.05) is 31.6 Å². The zero-order chi connectivity index (χ0) is 19.1. The minimum atomic E-state index is -0.655. The summed E-state index contributed by atoms with van der Waals surface area (Å²) >= 11 is 6.00. The summed E-state index contributed by atoms with van der Waals surface area (Å²) in [5.41, 5.74) is 0.498. The Labute approximate surface area is 156 Å². The van der Waals surface area contributed by atoms with Crippen molar-refractivity contribution in [2.75, 3.05) is 45.4 Å². The number of hydrogen-bond donors (Lipinski definition) is 1. The zero-order valence-electron chi connectivity index (χ0n) is 14.6. The Morgan fingerprint density at radius 2 is 2.12 bits per heavy atom. The number of carbonyl (C=O) groups excluding carboxylic acids is 3. The third-order valence-electron chi connectivity index (χ3n) is 3.86. The first-order valence-electron chi connectivity index (χ1n) is 8.02. The lowest BCUT2D eigenvalue weighted by Crippen LogP contribution is -2.33. The highest BCUT2D eigenvalue weighted by molar-refractivity contribution is 6.31. The van der Waals surface area contributed by atoms with Gasteiger partial charge in [-0.05, 0) is 18.2 Å². The maximum Gasteiger partial charge on any atom is 0.311 e. The van der Waals surface area contributed by atoms with Gasteiger partial charge in [-0.15, -0.1) is 0 Å². The monoisotopic (exact) mass is 384 g/mol. The summed E-state index contributed by atoms with van der Waals surface area (Å²) in [5, 5.41) is 3.00. The van der Waals surface area contributed by atoms with E-state index < -0.39 is 24.4 Å². The lowest BCUT2D eigenvalue weighted by Gasteiger charge is -2.19. The summed E-state index contributed by atoms with van der Waals surface area (Å²) in [6, 6.07) is 4.91. The van der Waals surface area contributed by atoms with Crippen LogP contribution in [0.1, 0.15) is 6.42 Å².